The number of aliphatic imine (C=N–C) groups is 1. The second-order valence-corrected chi connectivity index (χ2v) is 6.37. The van der Waals surface area contributed by atoms with Gasteiger partial charge < -0.3 is 20.7 Å². The highest BCUT2D eigenvalue weighted by molar-refractivity contribution is 14.0. The van der Waals surface area contributed by atoms with E-state index in [1.54, 1.807) is 19.2 Å². The van der Waals surface area contributed by atoms with Gasteiger partial charge in [0.2, 0.25) is 0 Å². The standard InChI is InChI=1S/C22H30N4O2.HI/c1-4-28-20-15-17(2)11-12-19(20)16-26-22(23-3)25-14-8-13-24-21(27)18-9-6-5-7-10-18;/h5-7,9-12,15H,4,8,13-14,16H2,1-3H3,(H,24,27)(H2,23,25,26);1H. The predicted molar refractivity (Wildman–Crippen MR) is 129 cm³/mol. The van der Waals surface area contributed by atoms with Crippen molar-refractivity contribution in [3.05, 3.63) is 65.2 Å². The summed E-state index contributed by atoms with van der Waals surface area (Å²) in [4.78, 5) is 16.2. The number of hydrogen-bond donors (Lipinski definition) is 3. The average molecular weight is 510 g/mol. The Morgan fingerprint density at radius 1 is 1.03 bits per heavy atom. The molecule has 0 aromatic heterocycles. The van der Waals surface area contributed by atoms with Crippen molar-refractivity contribution in [1.29, 1.82) is 0 Å². The highest BCUT2D eigenvalue weighted by Crippen LogP contribution is 2.20. The molecule has 3 N–H and O–H groups in total. The number of hydrogen-bond acceptors (Lipinski definition) is 3. The maximum Gasteiger partial charge on any atom is 0.251 e. The van der Waals surface area contributed by atoms with Crippen LogP contribution in [0.2, 0.25) is 0 Å². The van der Waals surface area contributed by atoms with Crippen LogP contribution in [0.5, 0.6) is 5.75 Å². The van der Waals surface area contributed by atoms with Gasteiger partial charge in [0.15, 0.2) is 5.96 Å². The van der Waals surface area contributed by atoms with Crippen molar-refractivity contribution in [2.75, 3.05) is 26.7 Å². The summed E-state index contributed by atoms with van der Waals surface area (Å²) in [5, 5.41) is 9.48. The molecule has 0 unspecified atom stereocenters. The fourth-order valence-corrected chi connectivity index (χ4v) is 2.69. The van der Waals surface area contributed by atoms with E-state index in [9.17, 15) is 4.79 Å². The summed E-state index contributed by atoms with van der Waals surface area (Å²) in [5.74, 6) is 1.57. The van der Waals surface area contributed by atoms with Crippen molar-refractivity contribution in [3.8, 4) is 5.75 Å². The molecule has 0 aliphatic heterocycles. The Bertz CT molecular complexity index is 782. The molecule has 0 saturated carbocycles. The van der Waals surface area contributed by atoms with Crippen LogP contribution in [-0.2, 0) is 6.54 Å². The zero-order chi connectivity index (χ0) is 20.2. The zero-order valence-corrected chi connectivity index (χ0v) is 19.7. The molecule has 0 aliphatic rings. The van der Waals surface area contributed by atoms with Crippen LogP contribution in [0, 0.1) is 6.92 Å². The van der Waals surface area contributed by atoms with Gasteiger partial charge in [0.05, 0.1) is 6.61 Å². The van der Waals surface area contributed by atoms with Crippen LogP contribution in [0.25, 0.3) is 0 Å². The molecular formula is C22H31IN4O2. The lowest BCUT2D eigenvalue weighted by atomic mass is 10.1. The fourth-order valence-electron chi connectivity index (χ4n) is 2.69. The second kappa shape index (κ2) is 13.8. The summed E-state index contributed by atoms with van der Waals surface area (Å²) in [6.07, 6.45) is 0.800. The van der Waals surface area contributed by atoms with Gasteiger partial charge in [-0.05, 0) is 44.0 Å². The van der Waals surface area contributed by atoms with Gasteiger partial charge in [0.25, 0.3) is 5.91 Å². The Morgan fingerprint density at radius 3 is 2.45 bits per heavy atom. The number of benzene rings is 2. The predicted octanol–water partition coefficient (Wildman–Crippen LogP) is 3.50. The monoisotopic (exact) mass is 510 g/mol. The first-order valence-corrected chi connectivity index (χ1v) is 9.64. The Morgan fingerprint density at radius 2 is 1.76 bits per heavy atom. The summed E-state index contributed by atoms with van der Waals surface area (Å²) in [6.45, 7) is 6.61. The minimum atomic E-state index is -0.0501. The third kappa shape index (κ3) is 8.72. The van der Waals surface area contributed by atoms with Gasteiger partial charge in [-0.3, -0.25) is 9.79 Å². The molecule has 0 spiro atoms. The van der Waals surface area contributed by atoms with Crippen LogP contribution < -0.4 is 20.7 Å². The minimum Gasteiger partial charge on any atom is -0.494 e. The molecule has 2 rings (SSSR count). The Labute approximate surface area is 190 Å². The lowest BCUT2D eigenvalue weighted by Gasteiger charge is -2.15. The smallest absolute Gasteiger partial charge is 0.251 e. The van der Waals surface area contributed by atoms with Crippen LogP contribution in [0.15, 0.2) is 53.5 Å². The van der Waals surface area contributed by atoms with Crippen molar-refractivity contribution in [1.82, 2.24) is 16.0 Å². The summed E-state index contributed by atoms with van der Waals surface area (Å²) in [6, 6.07) is 15.4. The van der Waals surface area contributed by atoms with Crippen molar-refractivity contribution in [3.63, 3.8) is 0 Å². The van der Waals surface area contributed by atoms with E-state index >= 15 is 0 Å². The normalized spacial score (nSPS) is 10.7. The molecule has 7 heteroatoms. The molecular weight excluding hydrogens is 479 g/mol. The summed E-state index contributed by atoms with van der Waals surface area (Å²) in [7, 11) is 1.74. The highest BCUT2D eigenvalue weighted by atomic mass is 127. The Balaban J connectivity index is 0.00000420. The number of nitrogens with one attached hydrogen (secondary N) is 3. The van der Waals surface area contributed by atoms with E-state index in [1.807, 2.05) is 31.2 Å². The topological polar surface area (TPSA) is 74.8 Å². The quantitative estimate of drug-likeness (QED) is 0.209. The number of aryl methyl sites for hydroxylation is 1. The molecule has 158 valence electrons. The number of guanidine groups is 1. The van der Waals surface area contributed by atoms with Gasteiger partial charge in [-0.1, -0.05) is 30.3 Å². The largest absolute Gasteiger partial charge is 0.494 e. The van der Waals surface area contributed by atoms with Crippen molar-refractivity contribution < 1.29 is 9.53 Å². The molecule has 0 atom stereocenters. The molecule has 0 radical (unpaired) electrons. The molecule has 2 aromatic carbocycles. The maximum absolute atomic E-state index is 12.0. The molecule has 6 nitrogen and oxygen atoms in total. The zero-order valence-electron chi connectivity index (χ0n) is 17.3. The molecule has 0 fully saturated rings. The average Bonchev–Trinajstić information content (AvgIpc) is 2.72. The summed E-state index contributed by atoms with van der Waals surface area (Å²) >= 11 is 0. The number of ether oxygens (including phenoxy) is 1. The number of amides is 1. The second-order valence-electron chi connectivity index (χ2n) is 6.37. The summed E-state index contributed by atoms with van der Waals surface area (Å²) in [5.41, 5.74) is 2.94. The van der Waals surface area contributed by atoms with E-state index < -0.39 is 0 Å². The van der Waals surface area contributed by atoms with Gasteiger partial charge in [0.1, 0.15) is 5.75 Å². The van der Waals surface area contributed by atoms with Crippen molar-refractivity contribution in [2.45, 2.75) is 26.8 Å². The summed E-state index contributed by atoms with van der Waals surface area (Å²) < 4.78 is 5.72. The van der Waals surface area contributed by atoms with E-state index in [0.29, 0.717) is 31.8 Å². The first-order valence-electron chi connectivity index (χ1n) is 9.64. The molecule has 0 heterocycles. The molecule has 0 bridgehead atoms. The van der Waals surface area contributed by atoms with Crippen molar-refractivity contribution >= 4 is 35.8 Å². The third-order valence-corrected chi connectivity index (χ3v) is 4.16. The number of nitrogens with zero attached hydrogens (tertiary/aromatic N) is 1. The van der Waals surface area contributed by atoms with E-state index in [4.69, 9.17) is 4.74 Å². The Kier molecular flexibility index (Phi) is 11.8. The third-order valence-electron chi connectivity index (χ3n) is 4.16. The van der Waals surface area contributed by atoms with Crippen LogP contribution in [0.1, 0.15) is 34.8 Å². The Hall–Kier alpha value is -2.29. The first-order chi connectivity index (χ1) is 13.6. The van der Waals surface area contributed by atoms with E-state index in [2.05, 4.69) is 40.0 Å². The molecule has 0 aliphatic carbocycles. The van der Waals surface area contributed by atoms with Gasteiger partial charge >= 0.3 is 0 Å². The van der Waals surface area contributed by atoms with Crippen LogP contribution in [0.3, 0.4) is 0 Å². The molecule has 0 saturated heterocycles. The number of carbonyl (C=O) groups excluding carboxylic acids is 1. The van der Waals surface area contributed by atoms with Gasteiger partial charge in [-0.25, -0.2) is 0 Å². The van der Waals surface area contributed by atoms with Gasteiger partial charge in [-0.15, -0.1) is 24.0 Å². The number of halogens is 1. The molecule has 29 heavy (non-hydrogen) atoms. The first kappa shape index (κ1) is 24.7. The van der Waals surface area contributed by atoms with Crippen LogP contribution in [-0.4, -0.2) is 38.6 Å². The highest BCUT2D eigenvalue weighted by Gasteiger charge is 2.06. The number of carbonyl (C=O) groups is 1. The SMILES string of the molecule is CCOc1cc(C)ccc1CNC(=NC)NCCCNC(=O)c1ccccc1.I. The van der Waals surface area contributed by atoms with E-state index in [0.717, 1.165) is 23.7 Å². The molecule has 1 amide bonds. The lowest BCUT2D eigenvalue weighted by molar-refractivity contribution is 0.0953. The minimum absolute atomic E-state index is 0. The van der Waals surface area contributed by atoms with Crippen LogP contribution in [0.4, 0.5) is 0 Å². The van der Waals surface area contributed by atoms with Gasteiger partial charge in [0, 0.05) is 37.8 Å². The fraction of sp³-hybridized carbons (Fsp3) is 0.364. The number of rotatable bonds is 9. The molecule has 2 aromatic rings. The maximum atomic E-state index is 12.0. The van der Waals surface area contributed by atoms with Crippen molar-refractivity contribution in [2.24, 2.45) is 4.99 Å². The van der Waals surface area contributed by atoms with E-state index in [1.165, 1.54) is 5.56 Å². The van der Waals surface area contributed by atoms with E-state index in [-0.39, 0.29) is 29.9 Å². The lowest BCUT2D eigenvalue weighted by Crippen LogP contribution is -2.38. The van der Waals surface area contributed by atoms with Gasteiger partial charge in [-0.2, -0.15) is 0 Å². The van der Waals surface area contributed by atoms with Crippen LogP contribution >= 0.6 is 24.0 Å².